The molecule has 25 heavy (non-hydrogen) atoms. The number of para-hydroxylation sites is 2. The largest absolute Gasteiger partial charge is 0.496 e. The van der Waals surface area contributed by atoms with Gasteiger partial charge in [-0.1, -0.05) is 36.4 Å². The molecule has 1 unspecified atom stereocenters. The Hall–Kier alpha value is -3.34. The normalized spacial score (nSPS) is 15.3. The van der Waals surface area contributed by atoms with E-state index in [1.807, 2.05) is 41.0 Å². The third kappa shape index (κ3) is 2.02. The van der Waals surface area contributed by atoms with E-state index < -0.39 is 0 Å². The number of hydrogen-bond acceptors (Lipinski definition) is 4. The topological polar surface area (TPSA) is 51.5 Å². The molecule has 1 aliphatic heterocycles. The molecule has 2 aromatic heterocycles. The van der Waals surface area contributed by atoms with Crippen LogP contribution in [0, 0.1) is 0 Å². The van der Waals surface area contributed by atoms with Crippen LogP contribution >= 0.6 is 0 Å². The maximum Gasteiger partial charge on any atom is 0.137 e. The molecular weight excluding hydrogens is 312 g/mol. The summed E-state index contributed by atoms with van der Waals surface area (Å²) in [5, 5.41) is 8.06. The molecular formula is C20H16N4O. The highest BCUT2D eigenvalue weighted by Crippen LogP contribution is 2.42. The molecule has 3 heterocycles. The van der Waals surface area contributed by atoms with Crippen LogP contribution in [0.15, 0.2) is 67.1 Å². The first-order chi connectivity index (χ1) is 12.4. The summed E-state index contributed by atoms with van der Waals surface area (Å²) in [5.74, 6) is 0.858. The van der Waals surface area contributed by atoms with Crippen molar-refractivity contribution in [3.05, 3.63) is 78.2 Å². The Balaban J connectivity index is 1.85. The molecule has 0 aliphatic carbocycles. The molecule has 5 nitrogen and oxygen atoms in total. The third-order valence-electron chi connectivity index (χ3n) is 4.73. The first-order valence-electron chi connectivity index (χ1n) is 8.18. The van der Waals surface area contributed by atoms with Crippen LogP contribution in [0.2, 0.25) is 0 Å². The van der Waals surface area contributed by atoms with Gasteiger partial charge in [-0.05, 0) is 18.2 Å². The maximum atomic E-state index is 5.61. The van der Waals surface area contributed by atoms with Crippen molar-refractivity contribution in [2.45, 2.75) is 6.04 Å². The lowest BCUT2D eigenvalue weighted by atomic mass is 9.99. The highest BCUT2D eigenvalue weighted by Gasteiger charge is 2.27. The minimum Gasteiger partial charge on any atom is -0.496 e. The minimum atomic E-state index is -0.0467. The lowest BCUT2D eigenvalue weighted by molar-refractivity contribution is 0.409. The van der Waals surface area contributed by atoms with Gasteiger partial charge in [-0.3, -0.25) is 0 Å². The maximum absolute atomic E-state index is 5.61. The molecule has 0 fully saturated rings. The standard InChI is InChI=1S/C20H16N4O/c1-25-17-9-5-3-7-14(17)18-15-10-11-24-20(15)19(21-12-22-24)13-6-2-4-8-16(13)23-18/h2-12,18,23H,1H3. The lowest BCUT2D eigenvalue weighted by Gasteiger charge is -2.21. The van der Waals surface area contributed by atoms with Crippen molar-refractivity contribution in [1.82, 2.24) is 14.6 Å². The van der Waals surface area contributed by atoms with Gasteiger partial charge in [-0.25, -0.2) is 9.50 Å². The van der Waals surface area contributed by atoms with Gasteiger partial charge >= 0.3 is 0 Å². The number of nitrogens with one attached hydrogen (secondary N) is 1. The summed E-state index contributed by atoms with van der Waals surface area (Å²) in [4.78, 5) is 4.58. The van der Waals surface area contributed by atoms with Crippen molar-refractivity contribution < 1.29 is 4.74 Å². The Morgan fingerprint density at radius 2 is 1.84 bits per heavy atom. The number of methoxy groups -OCH3 is 1. The van der Waals surface area contributed by atoms with E-state index >= 15 is 0 Å². The fraction of sp³-hybridized carbons (Fsp3) is 0.100. The molecule has 4 aromatic rings. The number of nitrogens with zero attached hydrogens (tertiary/aromatic N) is 3. The predicted molar refractivity (Wildman–Crippen MR) is 96.9 cm³/mol. The van der Waals surface area contributed by atoms with E-state index in [0.717, 1.165) is 39.3 Å². The number of ether oxygens (including phenoxy) is 1. The zero-order chi connectivity index (χ0) is 16.8. The molecule has 1 N–H and O–H groups in total. The zero-order valence-corrected chi connectivity index (χ0v) is 13.7. The SMILES string of the molecule is COc1ccccc1C1Nc2ccccc2-c2ncnn3ccc1c23. The fourth-order valence-corrected chi connectivity index (χ4v) is 3.61. The van der Waals surface area contributed by atoms with E-state index in [1.165, 1.54) is 0 Å². The number of fused-ring (bicyclic) bond motifs is 2. The van der Waals surface area contributed by atoms with Crippen LogP contribution in [0.3, 0.4) is 0 Å². The molecule has 122 valence electrons. The van der Waals surface area contributed by atoms with Gasteiger partial charge in [0.05, 0.1) is 18.7 Å². The monoisotopic (exact) mass is 328 g/mol. The van der Waals surface area contributed by atoms with Gasteiger partial charge < -0.3 is 10.1 Å². The van der Waals surface area contributed by atoms with E-state index in [2.05, 4.69) is 39.7 Å². The van der Waals surface area contributed by atoms with Crippen molar-refractivity contribution in [1.29, 1.82) is 0 Å². The highest BCUT2D eigenvalue weighted by atomic mass is 16.5. The second-order valence-electron chi connectivity index (χ2n) is 6.04. The summed E-state index contributed by atoms with van der Waals surface area (Å²) in [5.41, 5.74) is 6.31. The summed E-state index contributed by atoms with van der Waals surface area (Å²) >= 11 is 0. The highest BCUT2D eigenvalue weighted by molar-refractivity contribution is 5.90. The molecule has 5 rings (SSSR count). The minimum absolute atomic E-state index is 0.0467. The average molecular weight is 328 g/mol. The summed E-state index contributed by atoms with van der Waals surface area (Å²) in [6.45, 7) is 0. The van der Waals surface area contributed by atoms with Crippen LogP contribution in [0.1, 0.15) is 17.2 Å². The van der Waals surface area contributed by atoms with Crippen LogP contribution in [-0.4, -0.2) is 21.7 Å². The van der Waals surface area contributed by atoms with Gasteiger partial charge in [0.1, 0.15) is 17.8 Å². The van der Waals surface area contributed by atoms with Crippen molar-refractivity contribution in [2.75, 3.05) is 12.4 Å². The number of hydrogen-bond donors (Lipinski definition) is 1. The lowest BCUT2D eigenvalue weighted by Crippen LogP contribution is -2.12. The summed E-state index contributed by atoms with van der Waals surface area (Å²) in [7, 11) is 1.70. The van der Waals surface area contributed by atoms with Gasteiger partial charge in [0, 0.05) is 28.6 Å². The Labute approximate surface area is 144 Å². The summed E-state index contributed by atoms with van der Waals surface area (Å²) < 4.78 is 7.50. The molecule has 0 amide bonds. The second kappa shape index (κ2) is 5.34. The molecule has 5 heteroatoms. The van der Waals surface area contributed by atoms with Gasteiger partial charge in [-0.2, -0.15) is 5.10 Å². The Kier molecular flexibility index (Phi) is 3.00. The predicted octanol–water partition coefficient (Wildman–Crippen LogP) is 3.92. The van der Waals surface area contributed by atoms with Crippen molar-refractivity contribution in [3.8, 4) is 17.0 Å². The first kappa shape index (κ1) is 14.0. The third-order valence-corrected chi connectivity index (χ3v) is 4.73. The van der Waals surface area contributed by atoms with Gasteiger partial charge in [0.2, 0.25) is 0 Å². The Morgan fingerprint density at radius 3 is 2.76 bits per heavy atom. The van der Waals surface area contributed by atoms with Crippen LogP contribution in [0.4, 0.5) is 5.69 Å². The smallest absolute Gasteiger partial charge is 0.137 e. The van der Waals surface area contributed by atoms with Crippen molar-refractivity contribution in [3.63, 3.8) is 0 Å². The van der Waals surface area contributed by atoms with Crippen molar-refractivity contribution >= 4 is 11.2 Å². The molecule has 0 bridgehead atoms. The van der Waals surface area contributed by atoms with Gasteiger partial charge in [-0.15, -0.1) is 0 Å². The first-order valence-corrected chi connectivity index (χ1v) is 8.18. The molecule has 2 aromatic carbocycles. The number of anilines is 1. The van der Waals surface area contributed by atoms with Crippen LogP contribution in [0.5, 0.6) is 5.75 Å². The van der Waals surface area contributed by atoms with Crippen molar-refractivity contribution in [2.24, 2.45) is 0 Å². The Morgan fingerprint density at radius 1 is 1.00 bits per heavy atom. The molecule has 1 aliphatic rings. The second-order valence-corrected chi connectivity index (χ2v) is 6.04. The van der Waals surface area contributed by atoms with Gasteiger partial charge in [0.15, 0.2) is 0 Å². The van der Waals surface area contributed by atoms with Crippen LogP contribution in [-0.2, 0) is 0 Å². The molecule has 1 atom stereocenters. The van der Waals surface area contributed by atoms with Crippen LogP contribution in [0.25, 0.3) is 16.8 Å². The number of benzene rings is 2. The molecule has 0 saturated carbocycles. The average Bonchev–Trinajstić information content (AvgIpc) is 3.04. The van der Waals surface area contributed by atoms with E-state index in [-0.39, 0.29) is 6.04 Å². The summed E-state index contributed by atoms with van der Waals surface area (Å²) in [6.07, 6.45) is 3.58. The quantitative estimate of drug-likeness (QED) is 0.606. The number of rotatable bonds is 2. The van der Waals surface area contributed by atoms with E-state index in [4.69, 9.17) is 4.74 Å². The zero-order valence-electron chi connectivity index (χ0n) is 13.7. The van der Waals surface area contributed by atoms with Gasteiger partial charge in [0.25, 0.3) is 0 Å². The van der Waals surface area contributed by atoms with E-state index in [0.29, 0.717) is 0 Å². The molecule has 0 radical (unpaired) electrons. The van der Waals surface area contributed by atoms with Crippen LogP contribution < -0.4 is 10.1 Å². The summed E-state index contributed by atoms with van der Waals surface area (Å²) in [6, 6.07) is 18.4. The molecule has 0 spiro atoms. The fourth-order valence-electron chi connectivity index (χ4n) is 3.61. The number of aromatic nitrogens is 3. The molecule has 0 saturated heterocycles. The Bertz CT molecular complexity index is 1090. The van der Waals surface area contributed by atoms with E-state index in [1.54, 1.807) is 13.4 Å². The van der Waals surface area contributed by atoms with E-state index in [9.17, 15) is 0 Å².